The molecule has 1 aliphatic heterocycles. The molecule has 0 N–H and O–H groups in total. The molecule has 3 nitrogen and oxygen atoms in total. The Hall–Kier alpha value is -2.53. The van der Waals surface area contributed by atoms with E-state index in [2.05, 4.69) is 0 Å². The largest absolute Gasteiger partial charge is 0.294 e. The number of hydrogen-bond donors (Lipinski definition) is 0. The van der Waals surface area contributed by atoms with Crippen molar-refractivity contribution < 1.29 is 14.0 Å². The van der Waals surface area contributed by atoms with Crippen molar-refractivity contribution in [3.8, 4) is 0 Å². The van der Waals surface area contributed by atoms with Gasteiger partial charge in [0.2, 0.25) is 0 Å². The van der Waals surface area contributed by atoms with E-state index in [4.69, 9.17) is 0 Å². The van der Waals surface area contributed by atoms with Gasteiger partial charge in [0, 0.05) is 22.7 Å². The van der Waals surface area contributed by atoms with Crippen molar-refractivity contribution in [2.45, 2.75) is 20.3 Å². The first kappa shape index (κ1) is 16.3. The van der Waals surface area contributed by atoms with Gasteiger partial charge in [-0.3, -0.25) is 14.5 Å². The highest BCUT2D eigenvalue weighted by molar-refractivity contribution is 7.10. The van der Waals surface area contributed by atoms with E-state index in [1.165, 1.54) is 28.4 Å². The van der Waals surface area contributed by atoms with Crippen molar-refractivity contribution in [3.05, 3.63) is 69.3 Å². The van der Waals surface area contributed by atoms with Crippen LogP contribution in [0.5, 0.6) is 0 Å². The minimum Gasteiger partial charge on any atom is -0.294 e. The number of carbonyl (C=O) groups is 2. The average Bonchev–Trinajstić information content (AvgIpc) is 3.16. The summed E-state index contributed by atoms with van der Waals surface area (Å²) in [6, 6.07) is 9.48. The van der Waals surface area contributed by atoms with E-state index in [0.717, 1.165) is 4.88 Å². The molecule has 1 aromatic carbocycles. The van der Waals surface area contributed by atoms with Gasteiger partial charge in [-0.25, -0.2) is 4.39 Å². The fourth-order valence-electron chi connectivity index (χ4n) is 2.77. The second kappa shape index (κ2) is 6.53. The molecule has 0 unspecified atom stereocenters. The van der Waals surface area contributed by atoms with Crippen molar-refractivity contribution in [3.63, 3.8) is 0 Å². The Morgan fingerprint density at radius 2 is 1.96 bits per heavy atom. The van der Waals surface area contributed by atoms with Gasteiger partial charge in [0.25, 0.3) is 5.91 Å². The lowest BCUT2D eigenvalue weighted by Crippen LogP contribution is -2.24. The predicted molar refractivity (Wildman–Crippen MR) is 94.2 cm³/mol. The predicted octanol–water partition coefficient (Wildman–Crippen LogP) is 4.57. The van der Waals surface area contributed by atoms with Crippen LogP contribution in [0.4, 0.5) is 10.1 Å². The molecule has 24 heavy (non-hydrogen) atoms. The molecular weight excluding hydrogens is 325 g/mol. The first-order chi connectivity index (χ1) is 11.5. The molecule has 0 aliphatic carbocycles. The normalized spacial score (nSPS) is 16.4. The number of rotatable bonds is 4. The van der Waals surface area contributed by atoms with E-state index in [0.29, 0.717) is 29.0 Å². The quantitative estimate of drug-likeness (QED) is 0.764. The van der Waals surface area contributed by atoms with Crippen molar-refractivity contribution in [2.24, 2.45) is 0 Å². The third kappa shape index (κ3) is 2.83. The standard InChI is InChI=1S/C19H16FNO2S/c1-3-17(22)18-12(2)21(14-8-6-13(20)7-9-14)19(23)16(18)11-15-5-4-10-24-15/h4-11H,3H2,1-2H3/b16-11-. The van der Waals surface area contributed by atoms with Gasteiger partial charge >= 0.3 is 0 Å². The fourth-order valence-corrected chi connectivity index (χ4v) is 3.42. The summed E-state index contributed by atoms with van der Waals surface area (Å²) < 4.78 is 13.2. The zero-order chi connectivity index (χ0) is 17.3. The van der Waals surface area contributed by atoms with Crippen molar-refractivity contribution in [2.75, 3.05) is 4.90 Å². The number of benzene rings is 1. The van der Waals surface area contributed by atoms with Crippen molar-refractivity contribution in [1.29, 1.82) is 0 Å². The Bertz CT molecular complexity index is 848. The van der Waals surface area contributed by atoms with Gasteiger partial charge < -0.3 is 0 Å². The molecule has 1 aliphatic rings. The lowest BCUT2D eigenvalue weighted by atomic mass is 10.0. The molecule has 0 bridgehead atoms. The summed E-state index contributed by atoms with van der Waals surface area (Å²) in [5, 5.41) is 1.92. The molecule has 2 heterocycles. The van der Waals surface area contributed by atoms with Gasteiger partial charge in [0.05, 0.1) is 11.1 Å². The Labute approximate surface area is 143 Å². The molecule has 0 spiro atoms. The Kier molecular flexibility index (Phi) is 4.44. The highest BCUT2D eigenvalue weighted by Gasteiger charge is 2.36. The third-order valence-electron chi connectivity index (χ3n) is 3.91. The van der Waals surface area contributed by atoms with Gasteiger partial charge in [-0.2, -0.15) is 0 Å². The molecule has 0 saturated heterocycles. The van der Waals surface area contributed by atoms with Gasteiger partial charge in [0.1, 0.15) is 5.82 Å². The van der Waals surface area contributed by atoms with Crippen LogP contribution in [0.25, 0.3) is 6.08 Å². The number of anilines is 1. The number of ketones is 1. The summed E-state index contributed by atoms with van der Waals surface area (Å²) in [5.74, 6) is -0.705. The van der Waals surface area contributed by atoms with Gasteiger partial charge in [-0.05, 0) is 48.7 Å². The number of allylic oxidation sites excluding steroid dienone is 1. The Morgan fingerprint density at radius 1 is 1.25 bits per heavy atom. The Morgan fingerprint density at radius 3 is 2.54 bits per heavy atom. The van der Waals surface area contributed by atoms with Crippen LogP contribution in [0, 0.1) is 5.82 Å². The molecule has 0 atom stereocenters. The van der Waals surface area contributed by atoms with Crippen LogP contribution in [0.3, 0.4) is 0 Å². The lowest BCUT2D eigenvalue weighted by molar-refractivity contribution is -0.116. The van der Waals surface area contributed by atoms with E-state index in [9.17, 15) is 14.0 Å². The minimum absolute atomic E-state index is 0.0757. The monoisotopic (exact) mass is 341 g/mol. The maximum absolute atomic E-state index is 13.2. The SMILES string of the molecule is CCC(=O)C1=C(C)N(c2ccc(F)cc2)C(=O)/C1=C\c1cccs1. The zero-order valence-corrected chi connectivity index (χ0v) is 14.2. The molecular formula is C19H16FNO2S. The summed E-state index contributed by atoms with van der Waals surface area (Å²) in [6.07, 6.45) is 2.07. The van der Waals surface area contributed by atoms with E-state index in [-0.39, 0.29) is 17.5 Å². The number of nitrogens with zero attached hydrogens (tertiary/aromatic N) is 1. The fraction of sp³-hybridized carbons (Fsp3) is 0.158. The smallest absolute Gasteiger partial charge is 0.263 e. The zero-order valence-electron chi connectivity index (χ0n) is 13.4. The summed E-state index contributed by atoms with van der Waals surface area (Å²) in [4.78, 5) is 27.7. The number of Topliss-reactive ketones (excluding diaryl/α,β-unsaturated/α-hetero) is 1. The number of halogens is 1. The summed E-state index contributed by atoms with van der Waals surface area (Å²) in [5.41, 5.74) is 1.97. The van der Waals surface area contributed by atoms with E-state index in [1.54, 1.807) is 32.1 Å². The van der Waals surface area contributed by atoms with E-state index in [1.807, 2.05) is 17.5 Å². The summed E-state index contributed by atoms with van der Waals surface area (Å²) in [6.45, 7) is 3.52. The lowest BCUT2D eigenvalue weighted by Gasteiger charge is -2.17. The van der Waals surface area contributed by atoms with Gasteiger partial charge in [-0.1, -0.05) is 13.0 Å². The Balaban J connectivity index is 2.12. The first-order valence-electron chi connectivity index (χ1n) is 7.62. The molecule has 0 fully saturated rings. The highest BCUT2D eigenvalue weighted by Crippen LogP contribution is 2.36. The van der Waals surface area contributed by atoms with Crippen LogP contribution in [0.1, 0.15) is 25.1 Å². The summed E-state index contributed by atoms with van der Waals surface area (Å²) in [7, 11) is 0. The second-order valence-corrected chi connectivity index (χ2v) is 6.41. The maximum Gasteiger partial charge on any atom is 0.263 e. The van der Waals surface area contributed by atoms with Gasteiger partial charge in [0.15, 0.2) is 5.78 Å². The molecule has 2 aromatic rings. The molecule has 5 heteroatoms. The number of carbonyl (C=O) groups excluding carboxylic acids is 2. The molecule has 3 rings (SSSR count). The van der Waals surface area contributed by atoms with Crippen LogP contribution in [0.2, 0.25) is 0 Å². The average molecular weight is 341 g/mol. The van der Waals surface area contributed by atoms with Crippen LogP contribution in [0.15, 0.2) is 58.6 Å². The van der Waals surface area contributed by atoms with Crippen LogP contribution < -0.4 is 4.90 Å². The highest BCUT2D eigenvalue weighted by atomic mass is 32.1. The molecule has 1 aromatic heterocycles. The third-order valence-corrected chi connectivity index (χ3v) is 4.73. The molecule has 1 amide bonds. The molecule has 0 saturated carbocycles. The van der Waals surface area contributed by atoms with Crippen LogP contribution >= 0.6 is 11.3 Å². The molecule has 122 valence electrons. The number of thiophene rings is 1. The summed E-state index contributed by atoms with van der Waals surface area (Å²) >= 11 is 1.50. The van der Waals surface area contributed by atoms with Crippen molar-refractivity contribution >= 4 is 34.8 Å². The van der Waals surface area contributed by atoms with Crippen LogP contribution in [-0.4, -0.2) is 11.7 Å². The van der Waals surface area contributed by atoms with E-state index >= 15 is 0 Å². The number of hydrogen-bond acceptors (Lipinski definition) is 3. The van der Waals surface area contributed by atoms with Crippen molar-refractivity contribution in [1.82, 2.24) is 0 Å². The second-order valence-electron chi connectivity index (χ2n) is 5.43. The minimum atomic E-state index is -0.369. The maximum atomic E-state index is 13.2. The van der Waals surface area contributed by atoms with Crippen LogP contribution in [-0.2, 0) is 9.59 Å². The van der Waals surface area contributed by atoms with Gasteiger partial charge in [-0.15, -0.1) is 11.3 Å². The first-order valence-corrected chi connectivity index (χ1v) is 8.50. The number of amides is 1. The molecule has 0 radical (unpaired) electrons. The van der Waals surface area contributed by atoms with E-state index < -0.39 is 0 Å². The topological polar surface area (TPSA) is 37.4 Å².